The van der Waals surface area contributed by atoms with Gasteiger partial charge in [-0.2, -0.15) is 0 Å². The van der Waals surface area contributed by atoms with E-state index < -0.39 is 12.1 Å². The lowest BCUT2D eigenvalue weighted by molar-refractivity contribution is -0.166. The van der Waals surface area contributed by atoms with Gasteiger partial charge in [-0.1, -0.05) is 186 Å². The van der Waals surface area contributed by atoms with E-state index in [-0.39, 0.29) is 31.6 Å². The first-order chi connectivity index (χ1) is 24.0. The van der Waals surface area contributed by atoms with Gasteiger partial charge in [0, 0.05) is 12.8 Å². The van der Waals surface area contributed by atoms with Crippen molar-refractivity contribution in [1.29, 1.82) is 0 Å². The number of hydrogen-bond donors (Lipinski definition) is 0. The van der Waals surface area contributed by atoms with E-state index in [2.05, 4.69) is 45.1 Å². The topological polar surface area (TPSA) is 78.9 Å². The van der Waals surface area contributed by atoms with Crippen LogP contribution in [-0.4, -0.2) is 37.2 Å². The predicted octanol–water partition coefficient (Wildman–Crippen LogP) is 12.6. The quantitative estimate of drug-likeness (QED) is 0.0282. The van der Waals surface area contributed by atoms with E-state index in [0.29, 0.717) is 12.8 Å². The molecule has 0 fully saturated rings. The molecule has 284 valence electrons. The molecule has 1 unspecified atom stereocenters. The van der Waals surface area contributed by atoms with E-state index in [1.807, 2.05) is 6.08 Å². The van der Waals surface area contributed by atoms with Crippen molar-refractivity contribution in [3.05, 3.63) is 36.5 Å². The summed E-state index contributed by atoms with van der Waals surface area (Å²) >= 11 is 0. The lowest BCUT2D eigenvalue weighted by atomic mass is 10.0. The lowest BCUT2D eigenvalue weighted by Crippen LogP contribution is -2.30. The van der Waals surface area contributed by atoms with E-state index in [4.69, 9.17) is 14.2 Å². The van der Waals surface area contributed by atoms with Crippen LogP contribution in [0.1, 0.15) is 201 Å². The highest BCUT2D eigenvalue weighted by Gasteiger charge is 2.19. The number of hydrogen-bond acceptors (Lipinski definition) is 6. The van der Waals surface area contributed by atoms with Crippen molar-refractivity contribution < 1.29 is 28.6 Å². The molecule has 0 spiro atoms. The van der Waals surface area contributed by atoms with E-state index in [9.17, 15) is 14.4 Å². The molecule has 0 aromatic rings. The van der Waals surface area contributed by atoms with Gasteiger partial charge in [0.1, 0.15) is 13.2 Å². The SMILES string of the molecule is CC/C=C\C/C=C\C/C=C\CC(=O)OCC(COC(=O)CCCCCCCCCCCCCC)OC(=O)CCCCCCCCCCCC. The van der Waals surface area contributed by atoms with E-state index >= 15 is 0 Å². The number of allylic oxidation sites excluding steroid dienone is 5. The largest absolute Gasteiger partial charge is 0.462 e. The van der Waals surface area contributed by atoms with Crippen molar-refractivity contribution in [3.63, 3.8) is 0 Å². The fourth-order valence-electron chi connectivity index (χ4n) is 5.62. The summed E-state index contributed by atoms with van der Waals surface area (Å²) in [6.07, 6.45) is 41.6. The molecule has 0 N–H and O–H groups in total. The molecule has 0 bridgehead atoms. The predicted molar refractivity (Wildman–Crippen MR) is 206 cm³/mol. The van der Waals surface area contributed by atoms with Gasteiger partial charge >= 0.3 is 17.9 Å². The molecule has 0 rings (SSSR count). The van der Waals surface area contributed by atoms with Crippen LogP contribution in [-0.2, 0) is 28.6 Å². The Bertz CT molecular complexity index is 845. The molecule has 0 saturated carbocycles. The number of carbonyl (C=O) groups excluding carboxylic acids is 3. The van der Waals surface area contributed by atoms with Crippen molar-refractivity contribution in [3.8, 4) is 0 Å². The smallest absolute Gasteiger partial charge is 0.309 e. The first-order valence-electron chi connectivity index (χ1n) is 20.5. The van der Waals surface area contributed by atoms with Crippen LogP contribution >= 0.6 is 0 Å². The van der Waals surface area contributed by atoms with Crippen LogP contribution in [0, 0.1) is 0 Å². The minimum Gasteiger partial charge on any atom is -0.462 e. The summed E-state index contributed by atoms with van der Waals surface area (Å²) in [5, 5.41) is 0. The Morgan fingerprint density at radius 2 is 0.796 bits per heavy atom. The molecular weight excluding hydrogens is 612 g/mol. The van der Waals surface area contributed by atoms with Crippen LogP contribution in [0.5, 0.6) is 0 Å². The zero-order valence-electron chi connectivity index (χ0n) is 32.2. The molecule has 0 aliphatic heterocycles. The van der Waals surface area contributed by atoms with Gasteiger partial charge in [-0.25, -0.2) is 0 Å². The van der Waals surface area contributed by atoms with Crippen LogP contribution < -0.4 is 0 Å². The molecule has 6 nitrogen and oxygen atoms in total. The van der Waals surface area contributed by atoms with Gasteiger partial charge < -0.3 is 14.2 Å². The summed E-state index contributed by atoms with van der Waals surface area (Å²) in [6, 6.07) is 0. The number of esters is 3. The molecule has 0 radical (unpaired) electrons. The Labute approximate surface area is 302 Å². The average molecular weight is 689 g/mol. The van der Waals surface area contributed by atoms with Gasteiger partial charge in [0.25, 0.3) is 0 Å². The monoisotopic (exact) mass is 689 g/mol. The molecular formula is C43H76O6. The summed E-state index contributed by atoms with van der Waals surface area (Å²) in [5.74, 6) is -1.03. The summed E-state index contributed by atoms with van der Waals surface area (Å²) in [7, 11) is 0. The fourth-order valence-corrected chi connectivity index (χ4v) is 5.62. The second kappa shape index (κ2) is 38.4. The maximum Gasteiger partial charge on any atom is 0.309 e. The van der Waals surface area contributed by atoms with E-state index in [1.165, 1.54) is 103 Å². The minimum atomic E-state index is -0.798. The minimum absolute atomic E-state index is 0.0960. The Morgan fingerprint density at radius 3 is 1.24 bits per heavy atom. The maximum absolute atomic E-state index is 12.6. The zero-order valence-corrected chi connectivity index (χ0v) is 32.2. The molecule has 49 heavy (non-hydrogen) atoms. The molecule has 0 amide bonds. The number of carbonyl (C=O) groups is 3. The second-order valence-corrected chi connectivity index (χ2v) is 13.5. The third kappa shape index (κ3) is 36.7. The number of rotatable bonds is 36. The molecule has 1 atom stereocenters. The Kier molecular flexibility index (Phi) is 36.6. The Balaban J connectivity index is 4.43. The average Bonchev–Trinajstić information content (AvgIpc) is 3.10. The summed E-state index contributed by atoms with van der Waals surface area (Å²) in [5.41, 5.74) is 0. The standard InChI is InChI=1S/C43H76O6/c1-4-7-10-13-16-19-21-22-25-27-30-33-36-42(45)48-39-40(38-47-41(44)35-32-29-26-23-18-15-12-9-6-3)49-43(46)37-34-31-28-24-20-17-14-11-8-5-2/h9,12,18,23,29,32,40H,4-8,10-11,13-17,19-22,24-28,30-31,33-39H2,1-3H3/b12-9-,23-18-,32-29-. The van der Waals surface area contributed by atoms with Crippen LogP contribution in [0.2, 0.25) is 0 Å². The lowest BCUT2D eigenvalue weighted by Gasteiger charge is -2.18. The van der Waals surface area contributed by atoms with Crippen molar-refractivity contribution in [1.82, 2.24) is 0 Å². The summed E-state index contributed by atoms with van der Waals surface area (Å²) in [4.78, 5) is 37.4. The molecule has 0 aliphatic rings. The van der Waals surface area contributed by atoms with Crippen LogP contribution in [0.3, 0.4) is 0 Å². The van der Waals surface area contributed by atoms with Gasteiger partial charge in [-0.05, 0) is 32.1 Å². The first-order valence-corrected chi connectivity index (χ1v) is 20.5. The fraction of sp³-hybridized carbons (Fsp3) is 0.791. The highest BCUT2D eigenvalue weighted by atomic mass is 16.6. The molecule has 0 saturated heterocycles. The van der Waals surface area contributed by atoms with Gasteiger partial charge in [-0.15, -0.1) is 0 Å². The Hall–Kier alpha value is -2.37. The van der Waals surface area contributed by atoms with Crippen molar-refractivity contribution >= 4 is 17.9 Å². The van der Waals surface area contributed by atoms with Crippen LogP contribution in [0.25, 0.3) is 0 Å². The number of unbranched alkanes of at least 4 members (excludes halogenated alkanes) is 20. The Morgan fingerprint density at radius 1 is 0.429 bits per heavy atom. The summed E-state index contributed by atoms with van der Waals surface area (Å²) < 4.78 is 16.5. The van der Waals surface area contributed by atoms with Crippen molar-refractivity contribution in [2.75, 3.05) is 13.2 Å². The second-order valence-electron chi connectivity index (χ2n) is 13.5. The summed E-state index contributed by atoms with van der Waals surface area (Å²) in [6.45, 7) is 6.39. The van der Waals surface area contributed by atoms with Crippen LogP contribution in [0.4, 0.5) is 0 Å². The van der Waals surface area contributed by atoms with Crippen molar-refractivity contribution in [2.24, 2.45) is 0 Å². The van der Waals surface area contributed by atoms with Gasteiger partial charge in [0.2, 0.25) is 0 Å². The normalized spacial score (nSPS) is 12.3. The first kappa shape index (κ1) is 46.6. The molecule has 0 heterocycles. The van der Waals surface area contributed by atoms with Gasteiger partial charge in [-0.3, -0.25) is 14.4 Å². The zero-order chi connectivity index (χ0) is 35.9. The van der Waals surface area contributed by atoms with Gasteiger partial charge in [0.05, 0.1) is 6.42 Å². The molecule has 0 aliphatic carbocycles. The highest BCUT2D eigenvalue weighted by molar-refractivity contribution is 5.72. The van der Waals surface area contributed by atoms with Gasteiger partial charge in [0.15, 0.2) is 6.10 Å². The highest BCUT2D eigenvalue weighted by Crippen LogP contribution is 2.14. The number of ether oxygens (including phenoxy) is 3. The molecule has 6 heteroatoms. The van der Waals surface area contributed by atoms with Crippen molar-refractivity contribution in [2.45, 2.75) is 207 Å². The van der Waals surface area contributed by atoms with Crippen LogP contribution in [0.15, 0.2) is 36.5 Å². The maximum atomic E-state index is 12.6. The molecule has 0 aromatic carbocycles. The van der Waals surface area contributed by atoms with E-state index in [1.54, 1.807) is 6.08 Å². The third-order valence-corrected chi connectivity index (χ3v) is 8.69. The third-order valence-electron chi connectivity index (χ3n) is 8.69. The van der Waals surface area contributed by atoms with E-state index in [0.717, 1.165) is 57.8 Å². The molecule has 0 aromatic heterocycles.